The van der Waals surface area contributed by atoms with Crippen LogP contribution in [-0.4, -0.2) is 49.1 Å². The van der Waals surface area contributed by atoms with E-state index in [4.69, 9.17) is 9.15 Å². The first-order chi connectivity index (χ1) is 15.7. The molecular formula is C25H30N4O3. The first kappa shape index (κ1) is 21.9. The summed E-state index contributed by atoms with van der Waals surface area (Å²) in [5, 5.41) is 5.76. The molecule has 1 saturated heterocycles. The maximum absolute atomic E-state index is 12.2. The second-order valence-corrected chi connectivity index (χ2v) is 7.98. The summed E-state index contributed by atoms with van der Waals surface area (Å²) in [6.07, 6.45) is 1.73. The summed E-state index contributed by atoms with van der Waals surface area (Å²) in [7, 11) is 1.63. The summed E-state index contributed by atoms with van der Waals surface area (Å²) < 4.78 is 10.6. The highest BCUT2D eigenvalue weighted by atomic mass is 16.5. The highest BCUT2D eigenvalue weighted by Crippen LogP contribution is 2.15. The number of furan rings is 1. The van der Waals surface area contributed by atoms with E-state index in [1.807, 2.05) is 48.5 Å². The molecule has 1 fully saturated rings. The van der Waals surface area contributed by atoms with Gasteiger partial charge >= 0.3 is 6.03 Å². The topological polar surface area (TPSA) is 70.0 Å². The molecule has 3 aromatic rings. The molecule has 168 valence electrons. The Bertz CT molecular complexity index is 963. The van der Waals surface area contributed by atoms with Crippen LogP contribution in [0, 0.1) is 0 Å². The molecule has 7 heteroatoms. The van der Waals surface area contributed by atoms with Gasteiger partial charge in [-0.3, -0.25) is 9.80 Å². The average Bonchev–Trinajstić information content (AvgIpc) is 3.34. The first-order valence-electron chi connectivity index (χ1n) is 10.9. The minimum absolute atomic E-state index is 0.221. The van der Waals surface area contributed by atoms with Gasteiger partial charge in [-0.15, -0.1) is 0 Å². The van der Waals surface area contributed by atoms with Crippen molar-refractivity contribution in [2.45, 2.75) is 19.6 Å². The Morgan fingerprint density at radius 1 is 0.906 bits per heavy atom. The number of nitrogens with zero attached hydrogens (tertiary/aromatic N) is 2. The predicted octanol–water partition coefficient (Wildman–Crippen LogP) is 3.93. The van der Waals surface area contributed by atoms with Crippen LogP contribution in [-0.2, 0) is 19.6 Å². The van der Waals surface area contributed by atoms with Gasteiger partial charge in [0.25, 0.3) is 0 Å². The Balaban J connectivity index is 1.18. The summed E-state index contributed by atoms with van der Waals surface area (Å²) >= 11 is 0. The third-order valence-corrected chi connectivity index (χ3v) is 5.65. The van der Waals surface area contributed by atoms with Gasteiger partial charge in [-0.1, -0.05) is 24.3 Å². The van der Waals surface area contributed by atoms with Crippen LogP contribution in [0.1, 0.15) is 16.9 Å². The van der Waals surface area contributed by atoms with Crippen molar-refractivity contribution in [3.8, 4) is 5.75 Å². The second kappa shape index (κ2) is 10.8. The Kier molecular flexibility index (Phi) is 7.42. The number of nitrogens with one attached hydrogen (secondary N) is 2. The van der Waals surface area contributed by atoms with Gasteiger partial charge in [0.2, 0.25) is 0 Å². The van der Waals surface area contributed by atoms with Gasteiger partial charge in [0.05, 0.1) is 19.9 Å². The molecule has 0 bridgehead atoms. The molecule has 0 spiro atoms. The van der Waals surface area contributed by atoms with E-state index in [0.717, 1.165) is 62.0 Å². The number of urea groups is 1. The van der Waals surface area contributed by atoms with Crippen LogP contribution < -0.4 is 15.4 Å². The molecular weight excluding hydrogens is 404 g/mol. The van der Waals surface area contributed by atoms with Crippen molar-refractivity contribution < 1.29 is 13.9 Å². The molecule has 2 N–H and O–H groups in total. The van der Waals surface area contributed by atoms with Crippen LogP contribution in [0.15, 0.2) is 71.3 Å². The molecule has 1 aromatic heterocycles. The van der Waals surface area contributed by atoms with Gasteiger partial charge < -0.3 is 19.8 Å². The minimum atomic E-state index is -0.221. The van der Waals surface area contributed by atoms with Crippen molar-refractivity contribution in [1.82, 2.24) is 15.1 Å². The lowest BCUT2D eigenvalue weighted by molar-refractivity contribution is 0.116. The summed E-state index contributed by atoms with van der Waals surface area (Å²) in [5.41, 5.74) is 3.04. The quantitative estimate of drug-likeness (QED) is 0.562. The smallest absolute Gasteiger partial charge is 0.319 e. The number of hydrogen-bond donors (Lipinski definition) is 2. The van der Waals surface area contributed by atoms with Crippen molar-refractivity contribution in [1.29, 1.82) is 0 Å². The number of piperazine rings is 1. The van der Waals surface area contributed by atoms with E-state index in [1.54, 1.807) is 13.4 Å². The molecule has 32 heavy (non-hydrogen) atoms. The van der Waals surface area contributed by atoms with Crippen LogP contribution in [0.3, 0.4) is 0 Å². The number of ether oxygens (including phenoxy) is 1. The zero-order valence-electron chi connectivity index (χ0n) is 18.4. The molecule has 2 heterocycles. The number of methoxy groups -OCH3 is 1. The fourth-order valence-corrected chi connectivity index (χ4v) is 3.78. The van der Waals surface area contributed by atoms with Crippen LogP contribution in [0.2, 0.25) is 0 Å². The van der Waals surface area contributed by atoms with E-state index in [-0.39, 0.29) is 6.03 Å². The maximum Gasteiger partial charge on any atom is 0.319 e. The lowest BCUT2D eigenvalue weighted by Gasteiger charge is -2.34. The molecule has 7 nitrogen and oxygen atoms in total. The van der Waals surface area contributed by atoms with E-state index in [9.17, 15) is 4.79 Å². The molecule has 1 aliphatic rings. The van der Waals surface area contributed by atoms with Crippen molar-refractivity contribution in [2.75, 3.05) is 38.6 Å². The van der Waals surface area contributed by atoms with Gasteiger partial charge in [0, 0.05) is 45.0 Å². The van der Waals surface area contributed by atoms with Crippen LogP contribution in [0.5, 0.6) is 5.75 Å². The lowest BCUT2D eigenvalue weighted by Crippen LogP contribution is -2.45. The van der Waals surface area contributed by atoms with Gasteiger partial charge in [-0.2, -0.15) is 0 Å². The Morgan fingerprint density at radius 2 is 1.56 bits per heavy atom. The third-order valence-electron chi connectivity index (χ3n) is 5.65. The Hall–Kier alpha value is -3.29. The lowest BCUT2D eigenvalue weighted by atomic mass is 10.1. The van der Waals surface area contributed by atoms with Crippen molar-refractivity contribution in [2.24, 2.45) is 0 Å². The number of carbonyl (C=O) groups excluding carboxylic acids is 1. The summed E-state index contributed by atoms with van der Waals surface area (Å²) in [6, 6.07) is 19.4. The summed E-state index contributed by atoms with van der Waals surface area (Å²) in [5.74, 6) is 1.82. The standard InChI is InChI=1S/C25H30N4O3/c1-31-23-10-6-20(7-11-23)17-26-25(30)27-22-8-4-21(5-9-22)18-28-12-14-29(15-13-28)19-24-3-2-16-32-24/h2-11,16H,12-15,17-19H2,1H3,(H2,26,27,30). The molecule has 0 unspecified atom stereocenters. The average molecular weight is 435 g/mol. The number of amides is 2. The normalized spacial score (nSPS) is 14.8. The van der Waals surface area contributed by atoms with Crippen LogP contribution in [0.4, 0.5) is 10.5 Å². The second-order valence-electron chi connectivity index (χ2n) is 7.98. The predicted molar refractivity (Wildman–Crippen MR) is 125 cm³/mol. The van der Waals surface area contributed by atoms with Gasteiger partial charge in [0.1, 0.15) is 11.5 Å². The van der Waals surface area contributed by atoms with E-state index in [1.165, 1.54) is 5.56 Å². The van der Waals surface area contributed by atoms with Crippen molar-refractivity contribution in [3.05, 3.63) is 83.8 Å². The first-order valence-corrected chi connectivity index (χ1v) is 10.9. The fraction of sp³-hybridized carbons (Fsp3) is 0.320. The molecule has 4 rings (SSSR count). The van der Waals surface area contributed by atoms with Gasteiger partial charge in [0.15, 0.2) is 0 Å². The van der Waals surface area contributed by atoms with Gasteiger partial charge in [-0.25, -0.2) is 4.79 Å². The summed E-state index contributed by atoms with van der Waals surface area (Å²) in [6.45, 7) is 6.40. The zero-order valence-corrected chi connectivity index (χ0v) is 18.4. The van der Waals surface area contributed by atoms with Gasteiger partial charge in [-0.05, 0) is 47.5 Å². The molecule has 2 aromatic carbocycles. The number of carbonyl (C=O) groups is 1. The van der Waals surface area contributed by atoms with Crippen LogP contribution in [0.25, 0.3) is 0 Å². The highest BCUT2D eigenvalue weighted by Gasteiger charge is 2.17. The third kappa shape index (κ3) is 6.35. The molecule has 0 atom stereocenters. The Morgan fingerprint density at radius 3 is 2.19 bits per heavy atom. The van der Waals surface area contributed by atoms with Crippen LogP contribution >= 0.6 is 0 Å². The molecule has 0 aliphatic carbocycles. The molecule has 2 amide bonds. The zero-order chi connectivity index (χ0) is 22.2. The van der Waals surface area contributed by atoms with Crippen molar-refractivity contribution in [3.63, 3.8) is 0 Å². The molecule has 0 radical (unpaired) electrons. The van der Waals surface area contributed by atoms with E-state index < -0.39 is 0 Å². The van der Waals surface area contributed by atoms with E-state index in [0.29, 0.717) is 6.54 Å². The SMILES string of the molecule is COc1ccc(CNC(=O)Nc2ccc(CN3CCN(Cc4ccco4)CC3)cc2)cc1. The number of benzene rings is 2. The number of anilines is 1. The largest absolute Gasteiger partial charge is 0.497 e. The van der Waals surface area contributed by atoms with E-state index >= 15 is 0 Å². The van der Waals surface area contributed by atoms with Crippen molar-refractivity contribution >= 4 is 11.7 Å². The molecule has 0 saturated carbocycles. The number of hydrogen-bond acceptors (Lipinski definition) is 5. The molecule has 1 aliphatic heterocycles. The summed E-state index contributed by atoms with van der Waals surface area (Å²) in [4.78, 5) is 17.1. The Labute approximate surface area is 189 Å². The number of rotatable bonds is 8. The highest BCUT2D eigenvalue weighted by molar-refractivity contribution is 5.89. The fourth-order valence-electron chi connectivity index (χ4n) is 3.78. The minimum Gasteiger partial charge on any atom is -0.497 e. The van der Waals surface area contributed by atoms with E-state index in [2.05, 4.69) is 32.6 Å². The maximum atomic E-state index is 12.2. The monoisotopic (exact) mass is 434 g/mol.